The molecule has 0 unspecified atom stereocenters. The minimum atomic E-state index is -0.338. The number of amides is 2. The zero-order valence-corrected chi connectivity index (χ0v) is 13.3. The molecule has 7 heteroatoms. The first-order valence-electron chi connectivity index (χ1n) is 6.81. The minimum absolute atomic E-state index is 0.0380. The number of rotatable bonds is 3. The second-order valence-electron chi connectivity index (χ2n) is 5.16. The van der Waals surface area contributed by atoms with Crippen LogP contribution >= 0.6 is 15.9 Å². The lowest BCUT2D eigenvalue weighted by Crippen LogP contribution is -2.38. The van der Waals surface area contributed by atoms with Crippen molar-refractivity contribution in [1.29, 1.82) is 0 Å². The third-order valence-electron chi connectivity index (χ3n) is 3.42. The van der Waals surface area contributed by atoms with Crippen molar-refractivity contribution < 1.29 is 9.59 Å². The Morgan fingerprint density at radius 2 is 1.90 bits per heavy atom. The largest absolute Gasteiger partial charge is 0.399 e. The third-order valence-corrected chi connectivity index (χ3v) is 3.88. The van der Waals surface area contributed by atoms with Crippen molar-refractivity contribution in [2.24, 2.45) is 5.73 Å². The Morgan fingerprint density at radius 1 is 1.14 bits per heavy atom. The average Bonchev–Trinajstić information content (AvgIpc) is 2.61. The van der Waals surface area contributed by atoms with E-state index in [-0.39, 0.29) is 18.4 Å². The number of nitrogens with zero attached hydrogens (tertiary/aromatic N) is 2. The Labute approximate surface area is 132 Å². The summed E-state index contributed by atoms with van der Waals surface area (Å²) in [6.07, 6.45) is 0.822. The van der Waals surface area contributed by atoms with Crippen molar-refractivity contribution in [3.05, 3.63) is 28.2 Å². The number of nitrogen functional groups attached to an aromatic ring is 1. The zero-order chi connectivity index (χ0) is 15.4. The van der Waals surface area contributed by atoms with Crippen molar-refractivity contribution in [1.82, 2.24) is 9.80 Å². The van der Waals surface area contributed by atoms with Crippen molar-refractivity contribution in [3.8, 4) is 0 Å². The molecule has 0 aromatic heterocycles. The van der Waals surface area contributed by atoms with Gasteiger partial charge in [-0.2, -0.15) is 0 Å². The van der Waals surface area contributed by atoms with Gasteiger partial charge >= 0.3 is 0 Å². The maximum Gasteiger partial charge on any atom is 0.254 e. The number of primary amides is 1. The van der Waals surface area contributed by atoms with E-state index in [4.69, 9.17) is 11.5 Å². The highest BCUT2D eigenvalue weighted by Crippen LogP contribution is 2.19. The summed E-state index contributed by atoms with van der Waals surface area (Å²) in [5, 5.41) is 0. The fraction of sp³-hybridized carbons (Fsp3) is 0.429. The van der Waals surface area contributed by atoms with Crippen LogP contribution in [0, 0.1) is 0 Å². The monoisotopic (exact) mass is 354 g/mol. The summed E-state index contributed by atoms with van der Waals surface area (Å²) in [6.45, 7) is 2.91. The maximum atomic E-state index is 12.5. The minimum Gasteiger partial charge on any atom is -0.399 e. The number of halogens is 1. The highest BCUT2D eigenvalue weighted by atomic mass is 79.9. The Morgan fingerprint density at radius 3 is 2.57 bits per heavy atom. The summed E-state index contributed by atoms with van der Waals surface area (Å²) in [6, 6.07) is 5.21. The Hall–Kier alpha value is -1.60. The van der Waals surface area contributed by atoms with Gasteiger partial charge in [-0.25, -0.2) is 0 Å². The smallest absolute Gasteiger partial charge is 0.254 e. The first-order chi connectivity index (χ1) is 9.95. The first-order valence-corrected chi connectivity index (χ1v) is 7.61. The summed E-state index contributed by atoms with van der Waals surface area (Å²) in [5.74, 6) is -0.376. The van der Waals surface area contributed by atoms with Gasteiger partial charge in [0.1, 0.15) is 0 Å². The molecule has 0 radical (unpaired) electrons. The van der Waals surface area contributed by atoms with E-state index in [1.165, 1.54) is 0 Å². The van der Waals surface area contributed by atoms with Gasteiger partial charge in [-0.05, 0) is 24.6 Å². The number of carbonyl (C=O) groups is 2. The highest BCUT2D eigenvalue weighted by Gasteiger charge is 2.21. The number of anilines is 1. The molecular formula is C14H19BrN4O2. The molecule has 0 bridgehead atoms. The van der Waals surface area contributed by atoms with Crippen LogP contribution in [0.2, 0.25) is 0 Å². The second-order valence-corrected chi connectivity index (χ2v) is 6.08. The molecule has 0 aliphatic carbocycles. The Kier molecular flexibility index (Phi) is 5.19. The quantitative estimate of drug-likeness (QED) is 0.780. The molecule has 4 N–H and O–H groups in total. The van der Waals surface area contributed by atoms with Gasteiger partial charge in [0.05, 0.1) is 6.54 Å². The summed E-state index contributed by atoms with van der Waals surface area (Å²) in [5.41, 5.74) is 12.1. The molecule has 21 heavy (non-hydrogen) atoms. The highest BCUT2D eigenvalue weighted by molar-refractivity contribution is 9.10. The van der Waals surface area contributed by atoms with Crippen LogP contribution < -0.4 is 11.5 Å². The number of nitrogens with two attached hydrogens (primary N) is 2. The molecule has 1 saturated heterocycles. The molecule has 1 aliphatic rings. The van der Waals surface area contributed by atoms with Gasteiger partial charge in [0, 0.05) is 41.9 Å². The zero-order valence-electron chi connectivity index (χ0n) is 11.7. The van der Waals surface area contributed by atoms with Gasteiger partial charge in [-0.1, -0.05) is 15.9 Å². The van der Waals surface area contributed by atoms with Gasteiger partial charge in [0.25, 0.3) is 5.91 Å². The van der Waals surface area contributed by atoms with E-state index in [0.717, 1.165) is 17.4 Å². The van der Waals surface area contributed by atoms with E-state index >= 15 is 0 Å². The second kappa shape index (κ2) is 6.91. The summed E-state index contributed by atoms with van der Waals surface area (Å²) in [7, 11) is 0. The molecular weight excluding hydrogens is 336 g/mol. The van der Waals surface area contributed by atoms with E-state index < -0.39 is 0 Å². The molecule has 0 spiro atoms. The average molecular weight is 355 g/mol. The molecule has 1 aromatic rings. The lowest BCUT2D eigenvalue weighted by Gasteiger charge is -2.21. The molecule has 2 rings (SSSR count). The van der Waals surface area contributed by atoms with Crippen LogP contribution in [0.3, 0.4) is 0 Å². The van der Waals surface area contributed by atoms with Gasteiger partial charge < -0.3 is 16.4 Å². The van der Waals surface area contributed by atoms with E-state index in [1.54, 1.807) is 23.1 Å². The molecule has 6 nitrogen and oxygen atoms in total. The summed E-state index contributed by atoms with van der Waals surface area (Å²) < 4.78 is 0.788. The van der Waals surface area contributed by atoms with Gasteiger partial charge in [-0.3, -0.25) is 14.5 Å². The topological polar surface area (TPSA) is 92.7 Å². The molecule has 0 atom stereocenters. The number of benzene rings is 1. The predicted octanol–water partition coefficient (Wildman–Crippen LogP) is 0.665. The summed E-state index contributed by atoms with van der Waals surface area (Å²) >= 11 is 3.35. The number of carbonyl (C=O) groups excluding carboxylic acids is 2. The molecule has 1 fully saturated rings. The van der Waals surface area contributed by atoms with Gasteiger partial charge in [0.15, 0.2) is 0 Å². The molecule has 1 aliphatic heterocycles. The van der Waals surface area contributed by atoms with E-state index in [9.17, 15) is 9.59 Å². The van der Waals surface area contributed by atoms with Crippen LogP contribution in [0.5, 0.6) is 0 Å². The Balaban J connectivity index is 2.04. The molecule has 114 valence electrons. The SMILES string of the molecule is NC(=O)CN1CCCN(C(=O)c2cc(N)cc(Br)c2)CC1. The first kappa shape index (κ1) is 15.8. The van der Waals surface area contributed by atoms with Crippen LogP contribution in [0.25, 0.3) is 0 Å². The molecule has 0 saturated carbocycles. The van der Waals surface area contributed by atoms with Crippen molar-refractivity contribution in [2.75, 3.05) is 38.5 Å². The maximum absolute atomic E-state index is 12.5. The summed E-state index contributed by atoms with van der Waals surface area (Å²) in [4.78, 5) is 27.3. The van der Waals surface area contributed by atoms with Crippen LogP contribution in [-0.2, 0) is 4.79 Å². The fourth-order valence-corrected chi connectivity index (χ4v) is 2.98. The fourth-order valence-electron chi connectivity index (χ4n) is 2.47. The number of hydrogen-bond acceptors (Lipinski definition) is 4. The van der Waals surface area contributed by atoms with Gasteiger partial charge in [0.2, 0.25) is 5.91 Å². The van der Waals surface area contributed by atoms with E-state index in [2.05, 4.69) is 15.9 Å². The lowest BCUT2D eigenvalue weighted by atomic mass is 10.1. The van der Waals surface area contributed by atoms with E-state index in [0.29, 0.717) is 30.9 Å². The van der Waals surface area contributed by atoms with Crippen LogP contribution in [0.15, 0.2) is 22.7 Å². The molecule has 2 amide bonds. The van der Waals surface area contributed by atoms with Crippen molar-refractivity contribution >= 4 is 33.4 Å². The molecule has 1 aromatic carbocycles. The normalized spacial score (nSPS) is 16.5. The van der Waals surface area contributed by atoms with E-state index in [1.807, 2.05) is 4.90 Å². The third kappa shape index (κ3) is 4.44. The molecule has 1 heterocycles. The lowest BCUT2D eigenvalue weighted by molar-refractivity contribution is -0.119. The van der Waals surface area contributed by atoms with Crippen molar-refractivity contribution in [2.45, 2.75) is 6.42 Å². The van der Waals surface area contributed by atoms with Crippen molar-refractivity contribution in [3.63, 3.8) is 0 Å². The standard InChI is InChI=1S/C14H19BrN4O2/c15-11-6-10(7-12(16)8-11)14(21)19-3-1-2-18(4-5-19)9-13(17)20/h6-8H,1-5,9,16H2,(H2,17,20). The van der Waals surface area contributed by atoms with Gasteiger partial charge in [-0.15, -0.1) is 0 Å². The predicted molar refractivity (Wildman–Crippen MR) is 84.7 cm³/mol. The number of hydrogen-bond donors (Lipinski definition) is 2. The van der Waals surface area contributed by atoms with Crippen LogP contribution in [0.4, 0.5) is 5.69 Å². The van der Waals surface area contributed by atoms with Crippen LogP contribution in [0.1, 0.15) is 16.8 Å². The van der Waals surface area contributed by atoms with Crippen LogP contribution in [-0.4, -0.2) is 54.3 Å². The Bertz CT molecular complexity index is 530.